The van der Waals surface area contributed by atoms with Crippen molar-refractivity contribution in [3.63, 3.8) is 0 Å². The highest BCUT2D eigenvalue weighted by Gasteiger charge is 2.10. The fourth-order valence-electron chi connectivity index (χ4n) is 1.52. The van der Waals surface area contributed by atoms with Crippen LogP contribution < -0.4 is 0 Å². The summed E-state index contributed by atoms with van der Waals surface area (Å²) < 4.78 is 1.98. The number of nitrogens with zero attached hydrogens (tertiary/aromatic N) is 4. The fourth-order valence-corrected chi connectivity index (χ4v) is 2.75. The molecule has 7 heteroatoms. The van der Waals surface area contributed by atoms with E-state index in [1.807, 2.05) is 18.4 Å². The third kappa shape index (κ3) is 2.94. The molecule has 0 spiro atoms. The minimum absolute atomic E-state index is 0.0138. The maximum absolute atomic E-state index is 9.40. The molecule has 0 aliphatic heterocycles. The van der Waals surface area contributed by atoms with Gasteiger partial charge in [-0.2, -0.15) is 4.98 Å². The van der Waals surface area contributed by atoms with Gasteiger partial charge in [-0.05, 0) is 13.8 Å². The first kappa shape index (κ1) is 13.2. The Morgan fingerprint density at radius 1 is 1.44 bits per heavy atom. The Balaban J connectivity index is 2.13. The molecule has 2 rings (SSSR count). The summed E-state index contributed by atoms with van der Waals surface area (Å²) in [5, 5.41) is 10.4. The van der Waals surface area contributed by atoms with Gasteiger partial charge in [0.2, 0.25) is 5.88 Å². The molecule has 0 aromatic carbocycles. The third-order valence-corrected chi connectivity index (χ3v) is 3.57. The summed E-state index contributed by atoms with van der Waals surface area (Å²) in [5.74, 6) is 0.607. The van der Waals surface area contributed by atoms with E-state index in [9.17, 15) is 5.11 Å². The number of aromatic nitrogens is 4. The average molecular weight is 285 g/mol. The Kier molecular flexibility index (Phi) is 4.08. The van der Waals surface area contributed by atoms with Crippen molar-refractivity contribution in [3.05, 3.63) is 28.9 Å². The number of thioether (sulfide) groups is 1. The molecule has 1 N–H and O–H groups in total. The van der Waals surface area contributed by atoms with Crippen LogP contribution >= 0.6 is 23.4 Å². The van der Waals surface area contributed by atoms with Gasteiger partial charge in [-0.3, -0.25) is 0 Å². The second kappa shape index (κ2) is 5.58. The molecule has 0 atom stereocenters. The molecule has 0 saturated carbocycles. The molecule has 0 saturated heterocycles. The van der Waals surface area contributed by atoms with Gasteiger partial charge in [0.1, 0.15) is 0 Å². The number of aromatic hydroxyl groups is 1. The molecule has 96 valence electrons. The van der Waals surface area contributed by atoms with Crippen molar-refractivity contribution in [1.82, 2.24) is 19.5 Å². The first-order valence-electron chi connectivity index (χ1n) is 5.47. The molecule has 0 bridgehead atoms. The van der Waals surface area contributed by atoms with Crippen molar-refractivity contribution < 1.29 is 5.11 Å². The highest BCUT2D eigenvalue weighted by molar-refractivity contribution is 7.98. The molecule has 0 unspecified atom stereocenters. The summed E-state index contributed by atoms with van der Waals surface area (Å²) in [5.41, 5.74) is 1.67. The number of imidazole rings is 1. The van der Waals surface area contributed by atoms with Gasteiger partial charge in [0.25, 0.3) is 0 Å². The second-order valence-corrected chi connectivity index (χ2v) is 5.01. The zero-order chi connectivity index (χ0) is 13.1. The molecule has 0 fully saturated rings. The van der Waals surface area contributed by atoms with Gasteiger partial charge in [-0.25, -0.2) is 9.97 Å². The molecule has 5 nitrogen and oxygen atoms in total. The Morgan fingerprint density at radius 2 is 2.22 bits per heavy atom. The zero-order valence-corrected chi connectivity index (χ0v) is 11.7. The van der Waals surface area contributed by atoms with Gasteiger partial charge >= 0.3 is 0 Å². The maximum Gasteiger partial charge on any atom is 0.215 e. The largest absolute Gasteiger partial charge is 0.493 e. The van der Waals surface area contributed by atoms with E-state index in [0.717, 1.165) is 17.9 Å². The van der Waals surface area contributed by atoms with E-state index >= 15 is 0 Å². The van der Waals surface area contributed by atoms with Crippen LogP contribution in [0.1, 0.15) is 18.3 Å². The van der Waals surface area contributed by atoms with Crippen molar-refractivity contribution in [1.29, 1.82) is 0 Å². The van der Waals surface area contributed by atoms with E-state index in [1.165, 1.54) is 17.8 Å². The van der Waals surface area contributed by atoms with Crippen LogP contribution in [0.2, 0.25) is 5.15 Å². The van der Waals surface area contributed by atoms with Crippen molar-refractivity contribution in [2.75, 3.05) is 0 Å². The summed E-state index contributed by atoms with van der Waals surface area (Å²) in [6.45, 7) is 4.66. The quantitative estimate of drug-likeness (QED) is 0.691. The van der Waals surface area contributed by atoms with Crippen LogP contribution in [-0.2, 0) is 12.3 Å². The van der Waals surface area contributed by atoms with Gasteiger partial charge in [0, 0.05) is 24.1 Å². The van der Waals surface area contributed by atoms with Crippen molar-refractivity contribution >= 4 is 23.4 Å². The van der Waals surface area contributed by atoms with E-state index in [2.05, 4.69) is 15.0 Å². The van der Waals surface area contributed by atoms with E-state index in [-0.39, 0.29) is 5.88 Å². The minimum atomic E-state index is -0.0138. The van der Waals surface area contributed by atoms with E-state index < -0.39 is 0 Å². The summed E-state index contributed by atoms with van der Waals surface area (Å²) >= 11 is 7.44. The highest BCUT2D eigenvalue weighted by atomic mass is 35.5. The number of hydrogen-bond acceptors (Lipinski definition) is 5. The molecular formula is C11H13ClN4OS. The molecule has 18 heavy (non-hydrogen) atoms. The molecular weight excluding hydrogens is 272 g/mol. The van der Waals surface area contributed by atoms with Crippen molar-refractivity contribution in [2.24, 2.45) is 0 Å². The third-order valence-electron chi connectivity index (χ3n) is 2.39. The summed E-state index contributed by atoms with van der Waals surface area (Å²) in [7, 11) is 0. The standard InChI is InChI=1S/C11H13ClN4OS/c1-3-16-6-13-10(12)8(16)5-18-11-14-7(2)4-9(17)15-11/h4,6H,3,5H2,1-2H3,(H,14,15,17). The van der Waals surface area contributed by atoms with Crippen molar-refractivity contribution in [3.8, 4) is 5.88 Å². The Bertz CT molecular complexity index is 538. The summed E-state index contributed by atoms with van der Waals surface area (Å²) in [4.78, 5) is 12.3. The van der Waals surface area contributed by atoms with Gasteiger partial charge in [0.05, 0.1) is 12.0 Å². The van der Waals surface area contributed by atoms with Gasteiger partial charge in [-0.15, -0.1) is 0 Å². The predicted molar refractivity (Wildman–Crippen MR) is 70.9 cm³/mol. The lowest BCUT2D eigenvalue weighted by Crippen LogP contribution is -1.99. The lowest BCUT2D eigenvalue weighted by Gasteiger charge is -2.05. The van der Waals surface area contributed by atoms with Gasteiger partial charge in [-0.1, -0.05) is 23.4 Å². The molecule has 2 aromatic heterocycles. The zero-order valence-electron chi connectivity index (χ0n) is 10.1. The Morgan fingerprint density at radius 3 is 2.89 bits per heavy atom. The van der Waals surface area contributed by atoms with E-state index in [1.54, 1.807) is 6.33 Å². The normalized spacial score (nSPS) is 10.8. The number of rotatable bonds is 4. The molecule has 0 aliphatic rings. The molecule has 2 heterocycles. The molecule has 0 radical (unpaired) electrons. The molecule has 2 aromatic rings. The van der Waals surface area contributed by atoms with Crippen LogP contribution in [0.25, 0.3) is 0 Å². The SMILES string of the molecule is CCn1cnc(Cl)c1CSc1nc(C)cc(O)n1. The maximum atomic E-state index is 9.40. The number of aryl methyl sites for hydroxylation is 2. The smallest absolute Gasteiger partial charge is 0.215 e. The average Bonchev–Trinajstić information content (AvgIpc) is 2.66. The minimum Gasteiger partial charge on any atom is -0.493 e. The van der Waals surface area contributed by atoms with Gasteiger partial charge < -0.3 is 9.67 Å². The number of hydrogen-bond donors (Lipinski definition) is 1. The first-order valence-corrected chi connectivity index (χ1v) is 6.83. The Labute approximate surface area is 114 Å². The molecule has 0 amide bonds. The molecule has 0 aliphatic carbocycles. The fraction of sp³-hybridized carbons (Fsp3) is 0.364. The Hall–Kier alpha value is -1.27. The summed E-state index contributed by atoms with van der Waals surface area (Å²) in [6.07, 6.45) is 1.72. The second-order valence-electron chi connectivity index (χ2n) is 3.71. The van der Waals surface area contributed by atoms with Crippen LogP contribution in [-0.4, -0.2) is 24.6 Å². The van der Waals surface area contributed by atoms with E-state index in [4.69, 9.17) is 11.6 Å². The lowest BCUT2D eigenvalue weighted by molar-refractivity contribution is 0.444. The van der Waals surface area contributed by atoms with Crippen LogP contribution in [0.5, 0.6) is 5.88 Å². The van der Waals surface area contributed by atoms with Crippen molar-refractivity contribution in [2.45, 2.75) is 31.3 Å². The monoisotopic (exact) mass is 284 g/mol. The van der Waals surface area contributed by atoms with Crippen LogP contribution in [0, 0.1) is 6.92 Å². The van der Waals surface area contributed by atoms with Crippen LogP contribution in [0.4, 0.5) is 0 Å². The first-order chi connectivity index (χ1) is 8.60. The van der Waals surface area contributed by atoms with Crippen LogP contribution in [0.3, 0.4) is 0 Å². The summed E-state index contributed by atoms with van der Waals surface area (Å²) in [6, 6.07) is 1.52. The topological polar surface area (TPSA) is 63.8 Å². The lowest BCUT2D eigenvalue weighted by atomic mass is 10.4. The predicted octanol–water partition coefficient (Wildman–Crippen LogP) is 2.65. The van der Waals surface area contributed by atoms with Crippen LogP contribution in [0.15, 0.2) is 17.6 Å². The number of halogens is 1. The van der Waals surface area contributed by atoms with Gasteiger partial charge in [0.15, 0.2) is 10.3 Å². The van der Waals surface area contributed by atoms with E-state index in [0.29, 0.717) is 16.1 Å². The highest BCUT2D eigenvalue weighted by Crippen LogP contribution is 2.25.